The molecule has 1 unspecified atom stereocenters. The summed E-state index contributed by atoms with van der Waals surface area (Å²) >= 11 is 0. The van der Waals surface area contributed by atoms with Gasteiger partial charge in [-0.2, -0.15) is 0 Å². The Morgan fingerprint density at radius 1 is 1.26 bits per heavy atom. The number of benzene rings is 1. The van der Waals surface area contributed by atoms with Crippen LogP contribution in [0.25, 0.3) is 0 Å². The number of aromatic hydroxyl groups is 2. The van der Waals surface area contributed by atoms with E-state index in [4.69, 9.17) is 0 Å². The number of likely N-dealkylation sites (N-methyl/N-ethyl adjacent to an activating group) is 1. The SMILES string of the molecule is Br.CCN1CCCC2Cc3c(ccc(O)c3O)C[C@@H]21. The molecule has 0 bridgehead atoms. The zero-order chi connectivity index (χ0) is 12.7. The molecule has 19 heavy (non-hydrogen) atoms. The summed E-state index contributed by atoms with van der Waals surface area (Å²) < 4.78 is 0. The summed E-state index contributed by atoms with van der Waals surface area (Å²) in [7, 11) is 0. The quantitative estimate of drug-likeness (QED) is 0.779. The Morgan fingerprint density at radius 3 is 2.79 bits per heavy atom. The molecule has 0 radical (unpaired) electrons. The molecule has 2 atom stereocenters. The van der Waals surface area contributed by atoms with Crippen LogP contribution in [-0.4, -0.2) is 34.2 Å². The highest BCUT2D eigenvalue weighted by molar-refractivity contribution is 8.93. The number of halogens is 1. The van der Waals surface area contributed by atoms with Crippen LogP contribution in [0.3, 0.4) is 0 Å². The summed E-state index contributed by atoms with van der Waals surface area (Å²) in [6.45, 7) is 4.55. The fourth-order valence-corrected chi connectivity index (χ4v) is 3.71. The lowest BCUT2D eigenvalue weighted by molar-refractivity contribution is 0.0902. The largest absolute Gasteiger partial charge is 0.504 e. The average Bonchev–Trinajstić information content (AvgIpc) is 2.41. The first-order valence-corrected chi connectivity index (χ1v) is 6.97. The molecule has 1 aromatic rings. The second-order valence-electron chi connectivity index (χ2n) is 5.58. The van der Waals surface area contributed by atoms with Crippen LogP contribution in [0.15, 0.2) is 12.1 Å². The zero-order valence-electron chi connectivity index (χ0n) is 11.3. The van der Waals surface area contributed by atoms with Gasteiger partial charge in [-0.25, -0.2) is 0 Å². The van der Waals surface area contributed by atoms with Crippen molar-refractivity contribution in [1.82, 2.24) is 4.90 Å². The molecule has 0 spiro atoms. The van der Waals surface area contributed by atoms with Crippen molar-refractivity contribution in [2.45, 2.75) is 38.6 Å². The van der Waals surface area contributed by atoms with E-state index in [0.29, 0.717) is 12.0 Å². The molecular formula is C15H22BrNO2. The van der Waals surface area contributed by atoms with Gasteiger partial charge >= 0.3 is 0 Å². The van der Waals surface area contributed by atoms with Crippen LogP contribution < -0.4 is 0 Å². The van der Waals surface area contributed by atoms with Crippen molar-refractivity contribution in [3.63, 3.8) is 0 Å². The zero-order valence-corrected chi connectivity index (χ0v) is 13.0. The topological polar surface area (TPSA) is 43.7 Å². The number of phenols is 2. The van der Waals surface area contributed by atoms with Crippen molar-refractivity contribution in [3.8, 4) is 11.5 Å². The predicted molar refractivity (Wildman–Crippen MR) is 81.3 cm³/mol. The molecule has 3 rings (SSSR count). The number of likely N-dealkylation sites (tertiary alicyclic amines) is 1. The molecule has 4 heteroatoms. The summed E-state index contributed by atoms with van der Waals surface area (Å²) in [4.78, 5) is 2.57. The number of rotatable bonds is 1. The second-order valence-corrected chi connectivity index (χ2v) is 5.58. The maximum atomic E-state index is 9.99. The summed E-state index contributed by atoms with van der Waals surface area (Å²) in [6, 6.07) is 4.22. The minimum Gasteiger partial charge on any atom is -0.504 e. The number of piperidine rings is 1. The Balaban J connectivity index is 0.00000133. The van der Waals surface area contributed by atoms with E-state index in [0.717, 1.165) is 24.9 Å². The van der Waals surface area contributed by atoms with Gasteiger partial charge < -0.3 is 15.1 Å². The van der Waals surface area contributed by atoms with E-state index in [2.05, 4.69) is 11.8 Å². The van der Waals surface area contributed by atoms with E-state index < -0.39 is 0 Å². The predicted octanol–water partition coefficient (Wildman–Crippen LogP) is 2.87. The van der Waals surface area contributed by atoms with Gasteiger partial charge in [-0.3, -0.25) is 0 Å². The molecule has 0 saturated carbocycles. The monoisotopic (exact) mass is 327 g/mol. The lowest BCUT2D eigenvalue weighted by Gasteiger charge is -2.44. The highest BCUT2D eigenvalue weighted by atomic mass is 79.9. The Hall–Kier alpha value is -0.740. The van der Waals surface area contributed by atoms with Crippen molar-refractivity contribution < 1.29 is 10.2 Å². The average molecular weight is 328 g/mol. The first-order chi connectivity index (χ1) is 8.70. The molecule has 1 aromatic carbocycles. The van der Waals surface area contributed by atoms with E-state index in [1.54, 1.807) is 6.07 Å². The second kappa shape index (κ2) is 5.71. The molecule has 1 aliphatic carbocycles. The molecule has 3 nitrogen and oxygen atoms in total. The standard InChI is InChI=1S/C15H21NO2.BrH/c1-2-16-7-3-4-11-8-12-10(9-13(11)16)5-6-14(17)15(12)18;/h5-6,11,13,17-18H,2-4,7-9H2,1H3;1H/t11?,13-;/m0./s1. The van der Waals surface area contributed by atoms with Crippen LogP contribution in [-0.2, 0) is 12.8 Å². The van der Waals surface area contributed by atoms with Gasteiger partial charge in [-0.15, -0.1) is 17.0 Å². The molecular weight excluding hydrogens is 306 g/mol. The fourth-order valence-electron chi connectivity index (χ4n) is 3.71. The van der Waals surface area contributed by atoms with Gasteiger partial charge in [-0.1, -0.05) is 13.0 Å². The fraction of sp³-hybridized carbons (Fsp3) is 0.600. The number of hydrogen-bond donors (Lipinski definition) is 2. The summed E-state index contributed by atoms with van der Waals surface area (Å²) in [6.07, 6.45) is 4.43. The van der Waals surface area contributed by atoms with E-state index in [-0.39, 0.29) is 28.5 Å². The van der Waals surface area contributed by atoms with Crippen LogP contribution in [0.5, 0.6) is 11.5 Å². The lowest BCUT2D eigenvalue weighted by Crippen LogP contribution is -2.48. The minimum absolute atomic E-state index is 0. The van der Waals surface area contributed by atoms with Crippen LogP contribution >= 0.6 is 17.0 Å². The molecule has 2 N–H and O–H groups in total. The van der Waals surface area contributed by atoms with Crippen LogP contribution in [0.4, 0.5) is 0 Å². The van der Waals surface area contributed by atoms with Gasteiger partial charge in [0.2, 0.25) is 0 Å². The van der Waals surface area contributed by atoms with Crippen LogP contribution in [0, 0.1) is 5.92 Å². The minimum atomic E-state index is 0. The molecule has 0 aromatic heterocycles. The highest BCUT2D eigenvalue weighted by Gasteiger charge is 2.35. The van der Waals surface area contributed by atoms with Gasteiger partial charge in [0.15, 0.2) is 11.5 Å². The lowest BCUT2D eigenvalue weighted by atomic mass is 9.75. The molecule has 106 valence electrons. The van der Waals surface area contributed by atoms with Crippen molar-refractivity contribution in [2.75, 3.05) is 13.1 Å². The third kappa shape index (κ3) is 2.48. The third-order valence-electron chi connectivity index (χ3n) is 4.69. The highest BCUT2D eigenvalue weighted by Crippen LogP contribution is 2.41. The molecule has 1 fully saturated rings. The van der Waals surface area contributed by atoms with Crippen LogP contribution in [0.1, 0.15) is 30.9 Å². The molecule has 1 saturated heterocycles. The Kier molecular flexibility index (Phi) is 4.41. The first-order valence-electron chi connectivity index (χ1n) is 6.97. The first kappa shape index (κ1) is 14.7. The van der Waals surface area contributed by atoms with E-state index >= 15 is 0 Å². The number of nitrogens with zero attached hydrogens (tertiary/aromatic N) is 1. The Labute approximate surface area is 125 Å². The van der Waals surface area contributed by atoms with Gasteiger partial charge in [0.25, 0.3) is 0 Å². The summed E-state index contributed by atoms with van der Waals surface area (Å²) in [5.41, 5.74) is 2.20. The molecule has 1 aliphatic heterocycles. The number of phenolic OH excluding ortho intramolecular Hbond substituents is 2. The number of fused-ring (bicyclic) bond motifs is 2. The molecule has 1 heterocycles. The van der Waals surface area contributed by atoms with Gasteiger partial charge in [0.05, 0.1) is 0 Å². The van der Waals surface area contributed by atoms with Crippen molar-refractivity contribution in [2.24, 2.45) is 5.92 Å². The summed E-state index contributed by atoms with van der Waals surface area (Å²) in [5.74, 6) is 0.772. The van der Waals surface area contributed by atoms with E-state index in [1.165, 1.54) is 24.9 Å². The van der Waals surface area contributed by atoms with Gasteiger partial charge in [0.1, 0.15) is 0 Å². The maximum absolute atomic E-state index is 9.99. The van der Waals surface area contributed by atoms with Crippen molar-refractivity contribution >= 4 is 17.0 Å². The van der Waals surface area contributed by atoms with E-state index in [9.17, 15) is 10.2 Å². The maximum Gasteiger partial charge on any atom is 0.160 e. The Morgan fingerprint density at radius 2 is 2.05 bits per heavy atom. The normalized spacial score (nSPS) is 26.2. The number of hydrogen-bond acceptors (Lipinski definition) is 3. The van der Waals surface area contributed by atoms with Crippen LogP contribution in [0.2, 0.25) is 0 Å². The molecule has 2 aliphatic rings. The molecule has 0 amide bonds. The van der Waals surface area contributed by atoms with Gasteiger partial charge in [0, 0.05) is 11.6 Å². The van der Waals surface area contributed by atoms with Crippen molar-refractivity contribution in [1.29, 1.82) is 0 Å². The van der Waals surface area contributed by atoms with Crippen molar-refractivity contribution in [3.05, 3.63) is 23.3 Å². The van der Waals surface area contributed by atoms with Gasteiger partial charge in [-0.05, 0) is 56.3 Å². The smallest absolute Gasteiger partial charge is 0.160 e. The van der Waals surface area contributed by atoms with E-state index in [1.807, 2.05) is 6.07 Å². The Bertz CT molecular complexity index is 464. The summed E-state index contributed by atoms with van der Waals surface area (Å²) in [5, 5.41) is 19.6. The third-order valence-corrected chi connectivity index (χ3v) is 4.69.